The van der Waals surface area contributed by atoms with E-state index in [2.05, 4.69) is 22.9 Å². The molecule has 0 bridgehead atoms. The molecule has 0 aromatic heterocycles. The Morgan fingerprint density at radius 3 is 2.62 bits per heavy atom. The SMILES string of the molecule is C=CCC[C@@H](c1c(C#N)ccc(OC)c1O)N1CCNCC1.Cl.Cl. The van der Waals surface area contributed by atoms with Crippen LogP contribution in [-0.2, 0) is 0 Å². The number of nitrogens with zero attached hydrogens (tertiary/aromatic N) is 2. The highest BCUT2D eigenvalue weighted by molar-refractivity contribution is 5.85. The number of phenols is 1. The summed E-state index contributed by atoms with van der Waals surface area (Å²) in [6.45, 7) is 7.40. The summed E-state index contributed by atoms with van der Waals surface area (Å²) in [6.07, 6.45) is 3.52. The fourth-order valence-corrected chi connectivity index (χ4v) is 2.97. The van der Waals surface area contributed by atoms with Crippen molar-refractivity contribution >= 4 is 24.8 Å². The van der Waals surface area contributed by atoms with Crippen LogP contribution in [0.25, 0.3) is 0 Å². The number of hydrogen-bond acceptors (Lipinski definition) is 5. The third-order valence-corrected chi connectivity index (χ3v) is 4.09. The minimum atomic E-state index is -0.00940. The van der Waals surface area contributed by atoms with Crippen LogP contribution in [0.15, 0.2) is 24.8 Å². The molecule has 7 heteroatoms. The highest BCUT2D eigenvalue weighted by Gasteiger charge is 2.28. The fraction of sp³-hybridized carbons (Fsp3) is 0.471. The van der Waals surface area contributed by atoms with Gasteiger partial charge in [-0.05, 0) is 25.0 Å². The minimum absolute atomic E-state index is 0. The van der Waals surface area contributed by atoms with Gasteiger partial charge in [-0.2, -0.15) is 5.26 Å². The number of piperazine rings is 1. The normalized spacial score (nSPS) is 15.3. The van der Waals surface area contributed by atoms with Crippen LogP contribution >= 0.6 is 24.8 Å². The molecule has 24 heavy (non-hydrogen) atoms. The van der Waals surface area contributed by atoms with Crippen LogP contribution < -0.4 is 10.1 Å². The van der Waals surface area contributed by atoms with Gasteiger partial charge in [0.25, 0.3) is 0 Å². The molecule has 1 heterocycles. The first-order valence-corrected chi connectivity index (χ1v) is 7.58. The maximum absolute atomic E-state index is 10.6. The van der Waals surface area contributed by atoms with Gasteiger partial charge in [0.15, 0.2) is 11.5 Å². The third-order valence-electron chi connectivity index (χ3n) is 4.09. The van der Waals surface area contributed by atoms with Gasteiger partial charge in [0.2, 0.25) is 0 Å². The Hall–Kier alpha value is -1.45. The van der Waals surface area contributed by atoms with E-state index >= 15 is 0 Å². The Kier molecular flexibility index (Phi) is 10.5. The molecule has 0 radical (unpaired) electrons. The Bertz CT molecular complexity index is 570. The lowest BCUT2D eigenvalue weighted by molar-refractivity contribution is 0.163. The topological polar surface area (TPSA) is 68.5 Å². The first kappa shape index (κ1) is 22.6. The molecule has 0 unspecified atom stereocenters. The number of hydrogen-bond donors (Lipinski definition) is 2. The Morgan fingerprint density at radius 2 is 2.08 bits per heavy atom. The van der Waals surface area contributed by atoms with Gasteiger partial charge in [-0.1, -0.05) is 6.08 Å². The second kappa shape index (κ2) is 11.2. The summed E-state index contributed by atoms with van der Waals surface area (Å²) in [5.41, 5.74) is 1.18. The lowest BCUT2D eigenvalue weighted by atomic mass is 9.93. The highest BCUT2D eigenvalue weighted by atomic mass is 35.5. The van der Waals surface area contributed by atoms with E-state index in [0.717, 1.165) is 39.0 Å². The molecule has 0 saturated carbocycles. The number of rotatable bonds is 6. The first-order valence-electron chi connectivity index (χ1n) is 7.58. The smallest absolute Gasteiger partial charge is 0.163 e. The zero-order valence-corrected chi connectivity index (χ0v) is 15.5. The molecule has 1 aliphatic rings. The van der Waals surface area contributed by atoms with E-state index in [-0.39, 0.29) is 36.6 Å². The van der Waals surface area contributed by atoms with Crippen molar-refractivity contribution < 1.29 is 9.84 Å². The van der Waals surface area contributed by atoms with Gasteiger partial charge in [-0.3, -0.25) is 4.90 Å². The Labute approximate surface area is 156 Å². The zero-order chi connectivity index (χ0) is 15.9. The molecule has 0 spiro atoms. The van der Waals surface area contributed by atoms with Crippen molar-refractivity contribution in [2.45, 2.75) is 18.9 Å². The summed E-state index contributed by atoms with van der Waals surface area (Å²) >= 11 is 0. The molecular weight excluding hydrogens is 349 g/mol. The van der Waals surface area contributed by atoms with Crippen molar-refractivity contribution in [3.8, 4) is 17.6 Å². The van der Waals surface area contributed by atoms with Crippen molar-refractivity contribution in [3.05, 3.63) is 35.9 Å². The van der Waals surface area contributed by atoms with Crippen molar-refractivity contribution in [2.24, 2.45) is 0 Å². The van der Waals surface area contributed by atoms with E-state index < -0.39 is 0 Å². The summed E-state index contributed by atoms with van der Waals surface area (Å²) in [7, 11) is 1.52. The van der Waals surface area contributed by atoms with Gasteiger partial charge >= 0.3 is 0 Å². The van der Waals surface area contributed by atoms with E-state index in [9.17, 15) is 10.4 Å². The number of allylic oxidation sites excluding steroid dienone is 1. The molecule has 1 aromatic carbocycles. The van der Waals surface area contributed by atoms with E-state index in [1.54, 1.807) is 12.1 Å². The maximum Gasteiger partial charge on any atom is 0.163 e. The second-order valence-electron chi connectivity index (χ2n) is 5.36. The van der Waals surface area contributed by atoms with Crippen molar-refractivity contribution in [1.29, 1.82) is 5.26 Å². The van der Waals surface area contributed by atoms with Crippen LogP contribution in [0.3, 0.4) is 0 Å². The first-order chi connectivity index (χ1) is 10.7. The zero-order valence-electron chi connectivity index (χ0n) is 13.8. The maximum atomic E-state index is 10.6. The molecule has 1 saturated heterocycles. The summed E-state index contributed by atoms with van der Waals surface area (Å²) in [4.78, 5) is 2.31. The Balaban J connectivity index is 0.00000264. The van der Waals surface area contributed by atoms with E-state index in [0.29, 0.717) is 16.9 Å². The number of nitrogens with one attached hydrogen (secondary N) is 1. The van der Waals surface area contributed by atoms with E-state index in [1.807, 2.05) is 6.08 Å². The summed E-state index contributed by atoms with van der Waals surface area (Å²) in [6, 6.07) is 5.55. The van der Waals surface area contributed by atoms with Gasteiger partial charge in [-0.15, -0.1) is 31.4 Å². The van der Waals surface area contributed by atoms with E-state index in [1.165, 1.54) is 7.11 Å². The number of halogens is 2. The molecule has 2 rings (SSSR count). The summed E-state index contributed by atoms with van der Waals surface area (Å²) in [5.74, 6) is 0.488. The van der Waals surface area contributed by atoms with Crippen LogP contribution in [0.1, 0.15) is 30.0 Å². The van der Waals surface area contributed by atoms with Crippen LogP contribution in [0, 0.1) is 11.3 Å². The highest BCUT2D eigenvalue weighted by Crippen LogP contribution is 2.40. The number of nitriles is 1. The molecule has 1 aromatic rings. The number of aromatic hydroxyl groups is 1. The molecule has 5 nitrogen and oxygen atoms in total. The number of methoxy groups -OCH3 is 1. The predicted molar refractivity (Wildman–Crippen MR) is 100 cm³/mol. The van der Waals surface area contributed by atoms with Gasteiger partial charge in [0, 0.05) is 37.8 Å². The van der Waals surface area contributed by atoms with Crippen LogP contribution in [0.4, 0.5) is 0 Å². The molecule has 0 amide bonds. The van der Waals surface area contributed by atoms with Gasteiger partial charge in [0.1, 0.15) is 0 Å². The third kappa shape index (κ3) is 5.02. The second-order valence-corrected chi connectivity index (χ2v) is 5.36. The fourth-order valence-electron chi connectivity index (χ4n) is 2.97. The standard InChI is InChI=1S/C17H23N3O2.2ClH/c1-3-4-5-14(20-10-8-19-9-11-20)16-13(12-18)6-7-15(22-2)17(16)21;;/h3,6-7,14,19,21H,1,4-5,8-11H2,2H3;2*1H/t14-;;/m0../s1. The number of benzene rings is 1. The Morgan fingerprint density at radius 1 is 1.42 bits per heavy atom. The van der Waals surface area contributed by atoms with Crippen LogP contribution in [0.2, 0.25) is 0 Å². The molecule has 1 aliphatic heterocycles. The number of ether oxygens (including phenoxy) is 1. The van der Waals surface area contributed by atoms with Crippen molar-refractivity contribution in [2.75, 3.05) is 33.3 Å². The van der Waals surface area contributed by atoms with Crippen molar-refractivity contribution in [1.82, 2.24) is 10.2 Å². The van der Waals surface area contributed by atoms with Gasteiger partial charge < -0.3 is 15.2 Å². The molecule has 0 aliphatic carbocycles. The molecule has 1 atom stereocenters. The van der Waals surface area contributed by atoms with Crippen molar-refractivity contribution in [3.63, 3.8) is 0 Å². The minimum Gasteiger partial charge on any atom is -0.504 e. The lowest BCUT2D eigenvalue weighted by Gasteiger charge is -2.36. The monoisotopic (exact) mass is 373 g/mol. The number of phenolic OH excluding ortho intramolecular Hbond substituents is 1. The molecular formula is C17H25Cl2N3O2. The lowest BCUT2D eigenvalue weighted by Crippen LogP contribution is -2.45. The predicted octanol–water partition coefficient (Wildman–Crippen LogP) is 3.03. The molecule has 134 valence electrons. The van der Waals surface area contributed by atoms with Crippen LogP contribution in [0.5, 0.6) is 11.5 Å². The quantitative estimate of drug-likeness (QED) is 0.750. The summed E-state index contributed by atoms with van der Waals surface area (Å²) in [5, 5.41) is 23.3. The average Bonchev–Trinajstić information content (AvgIpc) is 2.57. The largest absolute Gasteiger partial charge is 0.504 e. The van der Waals surface area contributed by atoms with Gasteiger partial charge in [-0.25, -0.2) is 0 Å². The van der Waals surface area contributed by atoms with Crippen LogP contribution in [-0.4, -0.2) is 43.3 Å². The summed E-state index contributed by atoms with van der Waals surface area (Å²) < 4.78 is 5.22. The molecule has 1 fully saturated rings. The molecule has 2 N–H and O–H groups in total. The average molecular weight is 374 g/mol. The van der Waals surface area contributed by atoms with E-state index in [4.69, 9.17) is 4.74 Å². The van der Waals surface area contributed by atoms with Gasteiger partial charge in [0.05, 0.1) is 18.7 Å².